The number of rotatable bonds is 6. The molecule has 1 aromatic carbocycles. The van der Waals surface area contributed by atoms with Gasteiger partial charge in [-0.2, -0.15) is 5.21 Å². The second-order valence-electron chi connectivity index (χ2n) is 4.15. The number of carbonyl (C=O) groups is 1. The van der Waals surface area contributed by atoms with Gasteiger partial charge in [-0.15, -0.1) is 16.8 Å². The van der Waals surface area contributed by atoms with Crippen LogP contribution in [0.3, 0.4) is 0 Å². The first-order chi connectivity index (χ1) is 9.70. The minimum atomic E-state index is -0.0844. The molecule has 0 saturated carbocycles. The molecule has 1 heterocycles. The van der Waals surface area contributed by atoms with Crippen LogP contribution in [0.5, 0.6) is 0 Å². The Bertz CT molecular complexity index is 597. The maximum atomic E-state index is 11.9. The Labute approximate surface area is 121 Å². The Hall–Kier alpha value is -2.21. The van der Waals surface area contributed by atoms with Crippen LogP contribution in [0, 0.1) is 0 Å². The van der Waals surface area contributed by atoms with Gasteiger partial charge in [0.05, 0.1) is 5.69 Å². The number of benzene rings is 1. The molecular weight excluding hydrogens is 278 g/mol. The molecule has 0 unspecified atom stereocenters. The number of carbonyl (C=O) groups excluding carboxylic acids is 1. The molecule has 20 heavy (non-hydrogen) atoms. The summed E-state index contributed by atoms with van der Waals surface area (Å²) in [4.78, 5) is 11.9. The van der Waals surface area contributed by atoms with Crippen molar-refractivity contribution >= 4 is 23.2 Å². The number of unbranched alkanes of at least 4 members (excludes halogenated alkanes) is 1. The normalized spacial score (nSPS) is 10.2. The topological polar surface area (TPSA) is 83.6 Å². The van der Waals surface area contributed by atoms with Crippen molar-refractivity contribution in [3.8, 4) is 11.4 Å². The van der Waals surface area contributed by atoms with Gasteiger partial charge in [0.25, 0.3) is 0 Å². The first-order valence-electron chi connectivity index (χ1n) is 6.15. The van der Waals surface area contributed by atoms with Crippen LogP contribution in [0.4, 0.5) is 5.69 Å². The number of halogens is 1. The highest BCUT2D eigenvalue weighted by atomic mass is 35.5. The highest BCUT2D eigenvalue weighted by Gasteiger charge is 2.12. The van der Waals surface area contributed by atoms with Crippen LogP contribution in [0.2, 0.25) is 5.02 Å². The minimum absolute atomic E-state index is 0.0844. The molecule has 2 rings (SSSR count). The van der Waals surface area contributed by atoms with E-state index in [9.17, 15) is 4.79 Å². The molecule has 6 nitrogen and oxygen atoms in total. The number of nitrogens with zero attached hydrogens (tertiary/aromatic N) is 3. The molecule has 0 radical (unpaired) electrons. The molecule has 0 spiro atoms. The number of nitrogens with one attached hydrogen (secondary N) is 2. The summed E-state index contributed by atoms with van der Waals surface area (Å²) in [5.41, 5.74) is 1.24. The largest absolute Gasteiger partial charge is 0.325 e. The second kappa shape index (κ2) is 6.81. The van der Waals surface area contributed by atoms with Crippen molar-refractivity contribution in [3.63, 3.8) is 0 Å². The van der Waals surface area contributed by atoms with E-state index in [4.69, 9.17) is 11.6 Å². The lowest BCUT2D eigenvalue weighted by molar-refractivity contribution is -0.116. The number of anilines is 1. The fraction of sp³-hybridized carbons (Fsp3) is 0.231. The van der Waals surface area contributed by atoms with E-state index < -0.39 is 0 Å². The Balaban J connectivity index is 2.16. The van der Waals surface area contributed by atoms with Gasteiger partial charge in [0.1, 0.15) is 0 Å². The zero-order valence-corrected chi connectivity index (χ0v) is 11.5. The van der Waals surface area contributed by atoms with Gasteiger partial charge in [0, 0.05) is 17.0 Å². The summed E-state index contributed by atoms with van der Waals surface area (Å²) < 4.78 is 0. The van der Waals surface area contributed by atoms with E-state index in [1.807, 2.05) is 0 Å². The van der Waals surface area contributed by atoms with E-state index in [-0.39, 0.29) is 5.91 Å². The highest BCUT2D eigenvalue weighted by molar-refractivity contribution is 6.31. The molecule has 0 saturated heterocycles. The number of amides is 1. The van der Waals surface area contributed by atoms with Gasteiger partial charge in [0.15, 0.2) is 0 Å². The van der Waals surface area contributed by atoms with Gasteiger partial charge in [-0.3, -0.25) is 4.79 Å². The molecule has 1 amide bonds. The molecule has 0 aliphatic rings. The van der Waals surface area contributed by atoms with Gasteiger partial charge in [0.2, 0.25) is 11.7 Å². The van der Waals surface area contributed by atoms with Gasteiger partial charge in [-0.05, 0) is 36.3 Å². The number of tetrazole rings is 1. The monoisotopic (exact) mass is 291 g/mol. The molecular formula is C13H14ClN5O. The Morgan fingerprint density at radius 3 is 3.05 bits per heavy atom. The maximum absolute atomic E-state index is 11.9. The van der Waals surface area contributed by atoms with Crippen molar-refractivity contribution in [1.82, 2.24) is 20.6 Å². The van der Waals surface area contributed by atoms with Crippen molar-refractivity contribution in [2.75, 3.05) is 5.32 Å². The van der Waals surface area contributed by atoms with Crippen LogP contribution < -0.4 is 5.32 Å². The lowest BCUT2D eigenvalue weighted by Crippen LogP contribution is -2.12. The van der Waals surface area contributed by atoms with Crippen LogP contribution >= 0.6 is 11.6 Å². The summed E-state index contributed by atoms with van der Waals surface area (Å²) in [7, 11) is 0. The van der Waals surface area contributed by atoms with Gasteiger partial charge < -0.3 is 5.32 Å². The zero-order valence-electron chi connectivity index (χ0n) is 10.8. The fourth-order valence-electron chi connectivity index (χ4n) is 1.71. The summed E-state index contributed by atoms with van der Waals surface area (Å²) in [6.45, 7) is 3.62. The Morgan fingerprint density at radius 2 is 2.35 bits per heavy atom. The quantitative estimate of drug-likeness (QED) is 0.633. The van der Waals surface area contributed by atoms with Crippen molar-refractivity contribution in [1.29, 1.82) is 0 Å². The molecule has 0 fully saturated rings. The highest BCUT2D eigenvalue weighted by Crippen LogP contribution is 2.28. The third-order valence-electron chi connectivity index (χ3n) is 2.65. The molecule has 0 bridgehead atoms. The Kier molecular flexibility index (Phi) is 4.84. The maximum Gasteiger partial charge on any atom is 0.224 e. The van der Waals surface area contributed by atoms with Crippen LogP contribution in [0.1, 0.15) is 19.3 Å². The number of hydrogen-bond donors (Lipinski definition) is 2. The average molecular weight is 292 g/mol. The molecule has 1 aromatic heterocycles. The van der Waals surface area contributed by atoms with E-state index in [1.165, 1.54) is 0 Å². The SMILES string of the molecule is C=CCCCC(=O)Nc1cc(Cl)ccc1-c1nn[nH]n1. The number of aromatic amines is 1. The molecule has 2 N–H and O–H groups in total. The molecule has 7 heteroatoms. The van der Waals surface area contributed by atoms with E-state index in [2.05, 4.69) is 32.5 Å². The van der Waals surface area contributed by atoms with Crippen LogP contribution in [-0.4, -0.2) is 26.5 Å². The van der Waals surface area contributed by atoms with Gasteiger partial charge >= 0.3 is 0 Å². The summed E-state index contributed by atoms with van der Waals surface area (Å²) in [6.07, 6.45) is 3.77. The first-order valence-corrected chi connectivity index (χ1v) is 6.52. The molecule has 0 aliphatic carbocycles. The predicted octanol–water partition coefficient (Wildman–Crippen LogP) is 2.81. The van der Waals surface area contributed by atoms with E-state index in [1.54, 1.807) is 24.3 Å². The molecule has 2 aromatic rings. The average Bonchev–Trinajstić information content (AvgIpc) is 2.93. The second-order valence-corrected chi connectivity index (χ2v) is 4.59. The fourth-order valence-corrected chi connectivity index (χ4v) is 1.88. The van der Waals surface area contributed by atoms with Crippen LogP contribution in [-0.2, 0) is 4.79 Å². The molecule has 0 aliphatic heterocycles. The van der Waals surface area contributed by atoms with Crippen LogP contribution in [0.25, 0.3) is 11.4 Å². The van der Waals surface area contributed by atoms with Crippen LogP contribution in [0.15, 0.2) is 30.9 Å². The van der Waals surface area contributed by atoms with Crippen molar-refractivity contribution in [2.24, 2.45) is 0 Å². The molecule has 104 valence electrons. The summed E-state index contributed by atoms with van der Waals surface area (Å²) >= 11 is 5.96. The lowest BCUT2D eigenvalue weighted by Gasteiger charge is -2.09. The number of aromatic nitrogens is 4. The van der Waals surface area contributed by atoms with E-state index in [0.717, 1.165) is 12.8 Å². The zero-order chi connectivity index (χ0) is 14.4. The van der Waals surface area contributed by atoms with Crippen molar-refractivity contribution < 1.29 is 4.79 Å². The summed E-state index contributed by atoms with van der Waals surface area (Å²) in [6, 6.07) is 5.12. The number of hydrogen-bond acceptors (Lipinski definition) is 4. The smallest absolute Gasteiger partial charge is 0.224 e. The van der Waals surface area contributed by atoms with Crippen molar-refractivity contribution in [2.45, 2.75) is 19.3 Å². The Morgan fingerprint density at radius 1 is 1.50 bits per heavy atom. The van der Waals surface area contributed by atoms with Crippen molar-refractivity contribution in [3.05, 3.63) is 35.9 Å². The van der Waals surface area contributed by atoms with Gasteiger partial charge in [-0.25, -0.2) is 0 Å². The summed E-state index contributed by atoms with van der Waals surface area (Å²) in [5, 5.41) is 17.0. The molecule has 0 atom stereocenters. The van der Waals surface area contributed by atoms with E-state index >= 15 is 0 Å². The third kappa shape index (κ3) is 3.64. The predicted molar refractivity (Wildman–Crippen MR) is 77.3 cm³/mol. The van der Waals surface area contributed by atoms with E-state index in [0.29, 0.717) is 28.5 Å². The first kappa shape index (κ1) is 14.2. The number of allylic oxidation sites excluding steroid dienone is 1. The third-order valence-corrected chi connectivity index (χ3v) is 2.89. The van der Waals surface area contributed by atoms with Gasteiger partial charge in [-0.1, -0.05) is 17.7 Å². The lowest BCUT2D eigenvalue weighted by atomic mass is 10.1. The standard InChI is InChI=1S/C13H14ClN5O/c1-2-3-4-5-12(20)15-11-8-9(14)6-7-10(11)13-16-18-19-17-13/h2,6-8H,1,3-5H2,(H,15,20)(H,16,17,18,19). The summed E-state index contributed by atoms with van der Waals surface area (Å²) in [5.74, 6) is 0.321. The number of H-pyrrole nitrogens is 1. The minimum Gasteiger partial charge on any atom is -0.325 e.